The minimum absolute atomic E-state index is 0.0328. The number of hydrogen-bond donors (Lipinski definition) is 1. The second kappa shape index (κ2) is 7.64. The van der Waals surface area contributed by atoms with E-state index in [0.29, 0.717) is 5.02 Å². The average Bonchev–Trinajstić information content (AvgIpc) is 2.48. The highest BCUT2D eigenvalue weighted by atomic mass is 35.5. The lowest BCUT2D eigenvalue weighted by Gasteiger charge is -2.09. The Hall–Kier alpha value is -1.82. The molecule has 4 nitrogen and oxygen atoms in total. The van der Waals surface area contributed by atoms with Crippen molar-refractivity contribution in [2.24, 2.45) is 0 Å². The Labute approximate surface area is 146 Å². The summed E-state index contributed by atoms with van der Waals surface area (Å²) in [5.74, 6) is -1.93. The molecule has 1 N–H and O–H groups in total. The number of anilines is 1. The molecule has 0 bridgehead atoms. The number of nitrogens with one attached hydrogen (secondary N) is 1. The summed E-state index contributed by atoms with van der Waals surface area (Å²) in [7, 11) is 0. The molecule has 0 saturated heterocycles. The predicted octanol–water partition coefficient (Wildman–Crippen LogP) is 4.58. The molecule has 1 amide bonds. The van der Waals surface area contributed by atoms with E-state index in [-0.39, 0.29) is 21.3 Å². The van der Waals surface area contributed by atoms with E-state index in [1.54, 1.807) is 0 Å². The molecule has 0 unspecified atom stereocenters. The molecule has 0 radical (unpaired) electrons. The topological polar surface area (TPSA) is 55.4 Å². The van der Waals surface area contributed by atoms with Crippen LogP contribution in [-0.4, -0.2) is 18.5 Å². The maximum atomic E-state index is 12.9. The Morgan fingerprint density at radius 2 is 1.78 bits per heavy atom. The maximum Gasteiger partial charge on any atom is 0.340 e. The zero-order valence-electron chi connectivity index (χ0n) is 11.4. The summed E-state index contributed by atoms with van der Waals surface area (Å²) in [6.07, 6.45) is 0. The number of esters is 1. The fraction of sp³-hybridized carbons (Fsp3) is 0.0667. The van der Waals surface area contributed by atoms with Crippen LogP contribution in [0.4, 0.5) is 10.1 Å². The van der Waals surface area contributed by atoms with Gasteiger partial charge in [0.25, 0.3) is 5.91 Å². The smallest absolute Gasteiger partial charge is 0.340 e. The van der Waals surface area contributed by atoms with Crippen LogP contribution >= 0.6 is 34.8 Å². The van der Waals surface area contributed by atoms with Gasteiger partial charge < -0.3 is 10.1 Å². The van der Waals surface area contributed by atoms with Crippen molar-refractivity contribution in [3.05, 3.63) is 62.8 Å². The van der Waals surface area contributed by atoms with Crippen LogP contribution < -0.4 is 5.32 Å². The molecule has 0 heterocycles. The summed E-state index contributed by atoms with van der Waals surface area (Å²) < 4.78 is 17.8. The van der Waals surface area contributed by atoms with Crippen LogP contribution in [0.25, 0.3) is 0 Å². The molecular formula is C15H9Cl3FNO3. The number of ether oxygens (including phenoxy) is 1. The van der Waals surface area contributed by atoms with Gasteiger partial charge in [0.15, 0.2) is 6.61 Å². The molecule has 0 aromatic heterocycles. The summed E-state index contributed by atoms with van der Waals surface area (Å²) in [5.41, 5.74) is 0.294. The lowest BCUT2D eigenvalue weighted by molar-refractivity contribution is -0.119. The Morgan fingerprint density at radius 1 is 1.04 bits per heavy atom. The number of rotatable bonds is 4. The number of hydrogen-bond acceptors (Lipinski definition) is 3. The van der Waals surface area contributed by atoms with Gasteiger partial charge >= 0.3 is 5.97 Å². The van der Waals surface area contributed by atoms with Gasteiger partial charge in [-0.1, -0.05) is 34.8 Å². The number of benzene rings is 2. The molecule has 0 saturated carbocycles. The summed E-state index contributed by atoms with van der Waals surface area (Å²) in [4.78, 5) is 23.6. The van der Waals surface area contributed by atoms with Gasteiger partial charge in [-0.3, -0.25) is 4.79 Å². The monoisotopic (exact) mass is 375 g/mol. The van der Waals surface area contributed by atoms with Crippen molar-refractivity contribution in [2.75, 3.05) is 11.9 Å². The second-order valence-corrected chi connectivity index (χ2v) is 5.62. The molecule has 0 aliphatic heterocycles. The quantitative estimate of drug-likeness (QED) is 0.795. The SMILES string of the molecule is O=C(COC(=O)c1ccc(Cl)cc1Cl)Nc1ccc(F)cc1Cl. The second-order valence-electron chi connectivity index (χ2n) is 4.37. The molecule has 8 heteroatoms. The highest BCUT2D eigenvalue weighted by Gasteiger charge is 2.14. The van der Waals surface area contributed by atoms with E-state index in [0.717, 1.165) is 12.1 Å². The summed E-state index contributed by atoms with van der Waals surface area (Å²) in [6, 6.07) is 7.74. The fourth-order valence-corrected chi connectivity index (χ4v) is 2.34. The predicted molar refractivity (Wildman–Crippen MR) is 86.8 cm³/mol. The van der Waals surface area contributed by atoms with Crippen molar-refractivity contribution >= 4 is 52.4 Å². The third-order valence-corrected chi connectivity index (χ3v) is 3.55. The molecule has 0 atom stereocenters. The van der Waals surface area contributed by atoms with Gasteiger partial charge in [0.1, 0.15) is 5.82 Å². The van der Waals surface area contributed by atoms with Gasteiger partial charge in [-0.05, 0) is 36.4 Å². The number of halogens is 4. The first kappa shape index (κ1) is 17.5. The van der Waals surface area contributed by atoms with Gasteiger partial charge in [-0.25, -0.2) is 9.18 Å². The Balaban J connectivity index is 1.94. The Morgan fingerprint density at radius 3 is 2.43 bits per heavy atom. The third-order valence-electron chi connectivity index (χ3n) is 2.69. The summed E-state index contributed by atoms with van der Waals surface area (Å²) in [5, 5.41) is 2.92. The van der Waals surface area contributed by atoms with Gasteiger partial charge in [0.05, 0.1) is 21.3 Å². The van der Waals surface area contributed by atoms with Crippen LogP contribution in [0.3, 0.4) is 0 Å². The van der Waals surface area contributed by atoms with Gasteiger partial charge in [-0.15, -0.1) is 0 Å². The molecule has 0 aliphatic rings. The van der Waals surface area contributed by atoms with Crippen LogP contribution in [0, 0.1) is 5.82 Å². The van der Waals surface area contributed by atoms with E-state index < -0.39 is 24.3 Å². The largest absolute Gasteiger partial charge is 0.452 e. The molecule has 23 heavy (non-hydrogen) atoms. The van der Waals surface area contributed by atoms with Crippen molar-refractivity contribution in [1.82, 2.24) is 0 Å². The highest BCUT2D eigenvalue weighted by Crippen LogP contribution is 2.23. The molecule has 0 fully saturated rings. The van der Waals surface area contributed by atoms with Crippen molar-refractivity contribution in [3.8, 4) is 0 Å². The van der Waals surface area contributed by atoms with Crippen molar-refractivity contribution in [2.45, 2.75) is 0 Å². The lowest BCUT2D eigenvalue weighted by atomic mass is 10.2. The van der Waals surface area contributed by atoms with Crippen LogP contribution in [0.1, 0.15) is 10.4 Å². The molecule has 2 aromatic carbocycles. The summed E-state index contributed by atoms with van der Waals surface area (Å²) in [6.45, 7) is -0.550. The van der Waals surface area contributed by atoms with Crippen molar-refractivity contribution in [1.29, 1.82) is 0 Å². The van der Waals surface area contributed by atoms with E-state index >= 15 is 0 Å². The highest BCUT2D eigenvalue weighted by molar-refractivity contribution is 6.36. The fourth-order valence-electron chi connectivity index (χ4n) is 1.64. The molecule has 120 valence electrons. The standard InChI is InChI=1S/C15H9Cl3FNO3/c16-8-1-3-10(11(17)5-8)15(22)23-7-14(21)20-13-4-2-9(19)6-12(13)18/h1-6H,7H2,(H,20,21). The molecule has 0 aliphatic carbocycles. The normalized spacial score (nSPS) is 10.3. The third kappa shape index (κ3) is 4.82. The summed E-state index contributed by atoms with van der Waals surface area (Å²) >= 11 is 17.4. The van der Waals surface area contributed by atoms with Crippen molar-refractivity contribution < 1.29 is 18.7 Å². The van der Waals surface area contributed by atoms with E-state index in [9.17, 15) is 14.0 Å². The van der Waals surface area contributed by atoms with E-state index in [4.69, 9.17) is 39.5 Å². The minimum Gasteiger partial charge on any atom is -0.452 e. The van der Waals surface area contributed by atoms with Gasteiger partial charge in [-0.2, -0.15) is 0 Å². The van der Waals surface area contributed by atoms with Crippen LogP contribution in [0.15, 0.2) is 36.4 Å². The van der Waals surface area contributed by atoms with E-state index in [1.165, 1.54) is 24.3 Å². The zero-order valence-corrected chi connectivity index (χ0v) is 13.7. The van der Waals surface area contributed by atoms with Gasteiger partial charge in [0, 0.05) is 5.02 Å². The first-order valence-electron chi connectivity index (χ1n) is 6.24. The number of amides is 1. The Kier molecular flexibility index (Phi) is 5.82. The minimum atomic E-state index is -0.771. The first-order chi connectivity index (χ1) is 10.9. The van der Waals surface area contributed by atoms with E-state index in [2.05, 4.69) is 5.32 Å². The lowest BCUT2D eigenvalue weighted by Crippen LogP contribution is -2.21. The van der Waals surface area contributed by atoms with E-state index in [1.807, 2.05) is 0 Å². The Bertz CT molecular complexity index is 768. The van der Waals surface area contributed by atoms with Crippen LogP contribution in [0.2, 0.25) is 15.1 Å². The molecule has 2 rings (SSSR count). The van der Waals surface area contributed by atoms with Crippen LogP contribution in [0.5, 0.6) is 0 Å². The number of carbonyl (C=O) groups excluding carboxylic acids is 2. The van der Waals surface area contributed by atoms with Gasteiger partial charge in [0.2, 0.25) is 0 Å². The molecule has 0 spiro atoms. The maximum absolute atomic E-state index is 12.9. The molecule has 2 aromatic rings. The number of carbonyl (C=O) groups is 2. The average molecular weight is 377 g/mol. The van der Waals surface area contributed by atoms with Crippen LogP contribution in [-0.2, 0) is 9.53 Å². The first-order valence-corrected chi connectivity index (χ1v) is 7.37. The van der Waals surface area contributed by atoms with Crippen molar-refractivity contribution in [3.63, 3.8) is 0 Å². The zero-order chi connectivity index (χ0) is 17.0. The molecular weight excluding hydrogens is 368 g/mol.